The minimum absolute atomic E-state index is 0.0149. The molecular weight excluding hydrogens is 306 g/mol. The van der Waals surface area contributed by atoms with E-state index in [0.29, 0.717) is 5.75 Å². The number of alkyl halides is 4. The number of hydrogen-bond acceptors (Lipinski definition) is 3. The average molecular weight is 316 g/mol. The molecule has 0 spiro atoms. The highest BCUT2D eigenvalue weighted by atomic mass is 35.5. The van der Waals surface area contributed by atoms with E-state index in [9.17, 15) is 4.79 Å². The maximum Gasteiger partial charge on any atom is 0.247 e. The van der Waals surface area contributed by atoms with Gasteiger partial charge in [0.1, 0.15) is 9.55 Å². The van der Waals surface area contributed by atoms with Gasteiger partial charge in [-0.1, -0.05) is 30.4 Å². The topological polar surface area (TPSA) is 17.1 Å². The van der Waals surface area contributed by atoms with Crippen molar-refractivity contribution in [2.24, 2.45) is 0 Å². The Balaban J connectivity index is 3.65. The molecular formula is C7H10Cl4OS2. The van der Waals surface area contributed by atoms with Gasteiger partial charge in [-0.25, -0.2) is 0 Å². The molecule has 0 saturated carbocycles. The molecule has 0 fully saturated rings. The number of hydrogen-bond donors (Lipinski definition) is 0. The summed E-state index contributed by atoms with van der Waals surface area (Å²) in [6.07, 6.45) is 0.838. The lowest BCUT2D eigenvalue weighted by atomic mass is 10.4. The van der Waals surface area contributed by atoms with Crippen LogP contribution in [0.5, 0.6) is 0 Å². The zero-order valence-electron chi connectivity index (χ0n) is 7.38. The molecule has 0 bridgehead atoms. The van der Waals surface area contributed by atoms with Crippen LogP contribution in [0.25, 0.3) is 0 Å². The maximum atomic E-state index is 11.2. The standard InChI is InChI=1S/C7H10Cl4OS2/c1-2-4(8)3-13-7(12)14-6(11)5(9)10/h4-6H,2-3H2,1H3. The minimum Gasteiger partial charge on any atom is -0.274 e. The van der Waals surface area contributed by atoms with Gasteiger partial charge in [0.05, 0.1) is 0 Å². The van der Waals surface area contributed by atoms with E-state index in [2.05, 4.69) is 0 Å². The molecule has 0 N–H and O–H groups in total. The Morgan fingerprint density at radius 1 is 1.29 bits per heavy atom. The molecule has 0 aliphatic carbocycles. The van der Waals surface area contributed by atoms with Gasteiger partial charge in [0, 0.05) is 11.1 Å². The average Bonchev–Trinajstić information content (AvgIpc) is 2.13. The molecule has 0 amide bonds. The number of carbonyl (C=O) groups excluding carboxylic acids is 1. The number of rotatable bonds is 5. The highest BCUT2D eigenvalue weighted by Crippen LogP contribution is 2.31. The second-order valence-electron chi connectivity index (χ2n) is 2.37. The van der Waals surface area contributed by atoms with E-state index in [0.717, 1.165) is 29.9 Å². The van der Waals surface area contributed by atoms with E-state index in [1.165, 1.54) is 0 Å². The van der Waals surface area contributed by atoms with Gasteiger partial charge in [-0.15, -0.1) is 46.4 Å². The van der Waals surface area contributed by atoms with E-state index >= 15 is 0 Å². The van der Waals surface area contributed by atoms with Crippen LogP contribution in [-0.2, 0) is 0 Å². The Morgan fingerprint density at radius 3 is 2.29 bits per heavy atom. The van der Waals surface area contributed by atoms with Gasteiger partial charge in [-0.2, -0.15) is 0 Å². The second kappa shape index (κ2) is 8.66. The molecule has 2 atom stereocenters. The third kappa shape index (κ3) is 7.77. The molecule has 0 heterocycles. The van der Waals surface area contributed by atoms with E-state index < -0.39 is 9.55 Å². The van der Waals surface area contributed by atoms with Crippen LogP contribution < -0.4 is 0 Å². The van der Waals surface area contributed by atoms with Crippen molar-refractivity contribution in [2.45, 2.75) is 28.3 Å². The van der Waals surface area contributed by atoms with Gasteiger partial charge in [0.25, 0.3) is 0 Å². The SMILES string of the molecule is CCC(Cl)CSC(=O)SC(Cl)C(Cl)Cl. The first-order valence-corrected chi connectivity index (χ1v) is 7.48. The van der Waals surface area contributed by atoms with Crippen LogP contribution in [0.2, 0.25) is 0 Å². The van der Waals surface area contributed by atoms with Crippen molar-refractivity contribution < 1.29 is 4.79 Å². The van der Waals surface area contributed by atoms with Gasteiger partial charge >= 0.3 is 0 Å². The maximum absolute atomic E-state index is 11.2. The van der Waals surface area contributed by atoms with E-state index in [1.807, 2.05) is 6.92 Å². The third-order valence-corrected chi connectivity index (χ3v) is 5.59. The summed E-state index contributed by atoms with van der Waals surface area (Å²) in [7, 11) is 0. The molecule has 0 saturated heterocycles. The van der Waals surface area contributed by atoms with Crippen LogP contribution in [0.4, 0.5) is 4.79 Å². The third-order valence-electron chi connectivity index (χ3n) is 1.23. The summed E-state index contributed by atoms with van der Waals surface area (Å²) < 4.78 is -0.705. The Hall–Kier alpha value is 1.53. The van der Waals surface area contributed by atoms with Crippen LogP contribution >= 0.6 is 69.9 Å². The number of carbonyl (C=O) groups is 1. The monoisotopic (exact) mass is 314 g/mol. The summed E-state index contributed by atoms with van der Waals surface area (Å²) >= 11 is 24.6. The Morgan fingerprint density at radius 2 is 1.86 bits per heavy atom. The smallest absolute Gasteiger partial charge is 0.247 e. The first kappa shape index (κ1) is 15.5. The molecule has 0 aromatic carbocycles. The number of thioether (sulfide) groups is 2. The molecule has 1 nitrogen and oxygen atoms in total. The summed E-state index contributed by atoms with van der Waals surface area (Å²) in [6.45, 7) is 1.97. The zero-order chi connectivity index (χ0) is 11.1. The summed E-state index contributed by atoms with van der Waals surface area (Å²) in [4.78, 5) is 10.5. The van der Waals surface area contributed by atoms with E-state index in [-0.39, 0.29) is 9.82 Å². The minimum atomic E-state index is -0.746. The Kier molecular flexibility index (Phi) is 9.60. The molecule has 7 heteroatoms. The largest absolute Gasteiger partial charge is 0.274 e. The molecule has 0 aromatic rings. The fraction of sp³-hybridized carbons (Fsp3) is 0.857. The second-order valence-corrected chi connectivity index (χ2v) is 7.25. The fourth-order valence-electron chi connectivity index (χ4n) is 0.454. The lowest BCUT2D eigenvalue weighted by Crippen LogP contribution is -2.07. The van der Waals surface area contributed by atoms with E-state index in [1.54, 1.807) is 0 Å². The predicted molar refractivity (Wildman–Crippen MR) is 70.5 cm³/mol. The van der Waals surface area contributed by atoms with E-state index in [4.69, 9.17) is 46.4 Å². The van der Waals surface area contributed by atoms with Crippen LogP contribution in [0.15, 0.2) is 0 Å². The van der Waals surface area contributed by atoms with Crippen LogP contribution in [0.1, 0.15) is 13.3 Å². The highest BCUT2D eigenvalue weighted by Gasteiger charge is 2.19. The van der Waals surface area contributed by atoms with Crippen molar-refractivity contribution in [3.63, 3.8) is 0 Å². The van der Waals surface area contributed by atoms with Gasteiger partial charge in [0.15, 0.2) is 0 Å². The van der Waals surface area contributed by atoms with Crippen LogP contribution in [0.3, 0.4) is 0 Å². The normalized spacial score (nSPS) is 15.6. The van der Waals surface area contributed by atoms with Crippen molar-refractivity contribution in [3.05, 3.63) is 0 Å². The van der Waals surface area contributed by atoms with Crippen LogP contribution in [-0.4, -0.2) is 25.1 Å². The lowest BCUT2D eigenvalue weighted by molar-refractivity contribution is 0.276. The molecule has 0 radical (unpaired) electrons. The lowest BCUT2D eigenvalue weighted by Gasteiger charge is -2.08. The Bertz CT molecular complexity index is 179. The fourth-order valence-corrected chi connectivity index (χ4v) is 2.98. The molecule has 0 aliphatic rings. The molecule has 0 rings (SSSR count). The van der Waals surface area contributed by atoms with Gasteiger partial charge in [0.2, 0.25) is 4.45 Å². The summed E-state index contributed by atoms with van der Waals surface area (Å²) in [5, 5.41) is 0.0149. The molecule has 2 unspecified atom stereocenters. The molecule has 0 aliphatic heterocycles. The molecule has 84 valence electrons. The first-order chi connectivity index (χ1) is 6.47. The Labute approximate surface area is 113 Å². The first-order valence-electron chi connectivity index (χ1n) is 3.87. The van der Waals surface area contributed by atoms with Crippen LogP contribution in [0, 0.1) is 0 Å². The van der Waals surface area contributed by atoms with Crippen molar-refractivity contribution in [1.29, 1.82) is 0 Å². The van der Waals surface area contributed by atoms with Gasteiger partial charge < -0.3 is 0 Å². The molecule has 0 aromatic heterocycles. The molecule has 14 heavy (non-hydrogen) atoms. The zero-order valence-corrected chi connectivity index (χ0v) is 12.0. The quantitative estimate of drug-likeness (QED) is 0.667. The highest BCUT2D eigenvalue weighted by molar-refractivity contribution is 8.39. The summed E-state index contributed by atoms with van der Waals surface area (Å²) in [5.74, 6) is 0.586. The van der Waals surface area contributed by atoms with Crippen molar-refractivity contribution >= 4 is 74.4 Å². The van der Waals surface area contributed by atoms with Crippen molar-refractivity contribution in [3.8, 4) is 0 Å². The van der Waals surface area contributed by atoms with Crippen molar-refractivity contribution in [1.82, 2.24) is 0 Å². The van der Waals surface area contributed by atoms with Gasteiger partial charge in [-0.3, -0.25) is 4.79 Å². The predicted octanol–water partition coefficient (Wildman–Crippen LogP) is 4.96. The summed E-state index contributed by atoms with van der Waals surface area (Å²) in [6, 6.07) is 0. The van der Waals surface area contributed by atoms with Crippen molar-refractivity contribution in [2.75, 3.05) is 5.75 Å². The summed E-state index contributed by atoms with van der Waals surface area (Å²) in [5.41, 5.74) is 0. The van der Waals surface area contributed by atoms with Gasteiger partial charge in [-0.05, 0) is 6.42 Å². The number of halogens is 4.